The number of ether oxygens (including phenoxy) is 1. The summed E-state index contributed by atoms with van der Waals surface area (Å²) < 4.78 is 4.93. The average molecular weight is 249 g/mol. The summed E-state index contributed by atoms with van der Waals surface area (Å²) in [6, 6.07) is 5.49. The number of carboxylic acids is 1. The Bertz CT molecular complexity index is 442. The number of aliphatic carboxylic acids is 1. The van der Waals surface area contributed by atoms with Gasteiger partial charge in [0.15, 0.2) is 0 Å². The molecule has 1 aromatic heterocycles. The highest BCUT2D eigenvalue weighted by atomic mass is 16.5. The van der Waals surface area contributed by atoms with Gasteiger partial charge in [0.1, 0.15) is 11.8 Å². The second-order valence-electron chi connectivity index (χ2n) is 3.72. The number of pyridine rings is 1. The predicted molar refractivity (Wildman–Crippen MR) is 63.7 cm³/mol. The molecule has 1 aromatic rings. The molecule has 0 spiro atoms. The molecular formula is C12H15N3O3. The maximum absolute atomic E-state index is 10.8. The van der Waals surface area contributed by atoms with Crippen molar-refractivity contribution in [2.45, 2.75) is 6.54 Å². The lowest BCUT2D eigenvalue weighted by Crippen LogP contribution is -2.32. The first kappa shape index (κ1) is 14.1. The van der Waals surface area contributed by atoms with Gasteiger partial charge in [0.05, 0.1) is 13.2 Å². The minimum Gasteiger partial charge on any atom is -0.480 e. The molecule has 1 N–H and O–H groups in total. The first-order valence-corrected chi connectivity index (χ1v) is 5.44. The van der Waals surface area contributed by atoms with E-state index in [0.717, 1.165) is 5.56 Å². The molecule has 0 amide bonds. The lowest BCUT2D eigenvalue weighted by molar-refractivity contribution is -0.138. The van der Waals surface area contributed by atoms with Crippen LogP contribution in [0.3, 0.4) is 0 Å². The second-order valence-corrected chi connectivity index (χ2v) is 3.72. The summed E-state index contributed by atoms with van der Waals surface area (Å²) in [5.74, 6) is -0.909. The van der Waals surface area contributed by atoms with Crippen molar-refractivity contribution < 1.29 is 14.6 Å². The number of carbonyl (C=O) groups is 1. The summed E-state index contributed by atoms with van der Waals surface area (Å²) in [5, 5.41) is 17.7. The second kappa shape index (κ2) is 7.37. The number of nitrogens with zero attached hydrogens (tertiary/aromatic N) is 3. The number of hydrogen-bond acceptors (Lipinski definition) is 5. The molecule has 1 heterocycles. The van der Waals surface area contributed by atoms with Crippen molar-refractivity contribution >= 4 is 5.97 Å². The summed E-state index contributed by atoms with van der Waals surface area (Å²) >= 11 is 0. The topological polar surface area (TPSA) is 86.4 Å². The summed E-state index contributed by atoms with van der Waals surface area (Å²) in [4.78, 5) is 16.4. The fourth-order valence-corrected chi connectivity index (χ4v) is 1.53. The van der Waals surface area contributed by atoms with Crippen LogP contribution in [0.2, 0.25) is 0 Å². The molecule has 6 heteroatoms. The van der Waals surface area contributed by atoms with E-state index in [4.69, 9.17) is 15.1 Å². The van der Waals surface area contributed by atoms with Crippen LogP contribution in [0.5, 0.6) is 0 Å². The smallest absolute Gasteiger partial charge is 0.317 e. The number of methoxy groups -OCH3 is 1. The molecule has 0 aromatic carbocycles. The summed E-state index contributed by atoms with van der Waals surface area (Å²) in [7, 11) is 1.56. The van der Waals surface area contributed by atoms with E-state index in [1.807, 2.05) is 6.07 Å². The highest BCUT2D eigenvalue weighted by Crippen LogP contribution is 2.08. The molecule has 0 bridgehead atoms. The number of hydrogen-bond donors (Lipinski definition) is 1. The quantitative estimate of drug-likeness (QED) is 0.756. The van der Waals surface area contributed by atoms with Crippen LogP contribution in [0.25, 0.3) is 0 Å². The lowest BCUT2D eigenvalue weighted by atomic mass is 10.2. The van der Waals surface area contributed by atoms with Crippen molar-refractivity contribution in [3.05, 3.63) is 29.6 Å². The van der Waals surface area contributed by atoms with Crippen LogP contribution in [0.1, 0.15) is 11.3 Å². The largest absolute Gasteiger partial charge is 0.480 e. The molecule has 0 aliphatic heterocycles. The van der Waals surface area contributed by atoms with E-state index in [-0.39, 0.29) is 6.54 Å². The normalized spacial score (nSPS) is 10.3. The Hall–Kier alpha value is -1.97. The van der Waals surface area contributed by atoms with E-state index in [0.29, 0.717) is 25.4 Å². The van der Waals surface area contributed by atoms with Crippen LogP contribution in [-0.2, 0) is 16.1 Å². The van der Waals surface area contributed by atoms with Crippen LogP contribution >= 0.6 is 0 Å². The van der Waals surface area contributed by atoms with Gasteiger partial charge < -0.3 is 9.84 Å². The molecule has 0 aliphatic carbocycles. The molecular weight excluding hydrogens is 234 g/mol. The molecule has 18 heavy (non-hydrogen) atoms. The average Bonchev–Trinajstić information content (AvgIpc) is 2.36. The van der Waals surface area contributed by atoms with Crippen LogP contribution in [0.15, 0.2) is 18.3 Å². The Morgan fingerprint density at radius 1 is 1.67 bits per heavy atom. The number of carboxylic acid groups (broad SMARTS) is 1. The van der Waals surface area contributed by atoms with Crippen LogP contribution in [0.4, 0.5) is 0 Å². The van der Waals surface area contributed by atoms with Gasteiger partial charge in [-0.25, -0.2) is 4.98 Å². The van der Waals surface area contributed by atoms with Crippen molar-refractivity contribution in [2.75, 3.05) is 26.8 Å². The zero-order chi connectivity index (χ0) is 13.4. The zero-order valence-electron chi connectivity index (χ0n) is 10.2. The summed E-state index contributed by atoms with van der Waals surface area (Å²) in [5.41, 5.74) is 1.04. The maximum Gasteiger partial charge on any atom is 0.317 e. The van der Waals surface area contributed by atoms with Crippen molar-refractivity contribution in [2.24, 2.45) is 0 Å². The Balaban J connectivity index is 2.75. The molecule has 0 saturated heterocycles. The molecule has 0 atom stereocenters. The monoisotopic (exact) mass is 249 g/mol. The third-order valence-electron chi connectivity index (χ3n) is 2.36. The molecule has 1 rings (SSSR count). The molecule has 0 aliphatic rings. The fraction of sp³-hybridized carbons (Fsp3) is 0.417. The van der Waals surface area contributed by atoms with Gasteiger partial charge in [-0.1, -0.05) is 6.07 Å². The number of rotatable bonds is 7. The van der Waals surface area contributed by atoms with E-state index >= 15 is 0 Å². The highest BCUT2D eigenvalue weighted by molar-refractivity contribution is 5.69. The fourth-order valence-electron chi connectivity index (χ4n) is 1.53. The Morgan fingerprint density at radius 2 is 2.44 bits per heavy atom. The molecule has 96 valence electrons. The minimum atomic E-state index is -0.909. The minimum absolute atomic E-state index is 0.0941. The van der Waals surface area contributed by atoms with Crippen LogP contribution < -0.4 is 0 Å². The summed E-state index contributed by atoms with van der Waals surface area (Å²) in [6.07, 6.45) is 1.54. The molecule has 0 radical (unpaired) electrons. The summed E-state index contributed by atoms with van der Waals surface area (Å²) in [6.45, 7) is 1.20. The molecule has 6 nitrogen and oxygen atoms in total. The van der Waals surface area contributed by atoms with Gasteiger partial charge in [-0.05, 0) is 6.07 Å². The standard InChI is InChI=1S/C12H15N3O3/c1-18-6-5-15(9-12(16)17)8-10-3-2-4-14-11(10)7-13/h2-4H,5-6,8-9H2,1H3,(H,16,17). The Morgan fingerprint density at radius 3 is 3.06 bits per heavy atom. The van der Waals surface area contributed by atoms with Gasteiger partial charge in [0.25, 0.3) is 0 Å². The van der Waals surface area contributed by atoms with Gasteiger partial charge in [-0.15, -0.1) is 0 Å². The third kappa shape index (κ3) is 4.49. The third-order valence-corrected chi connectivity index (χ3v) is 2.36. The Labute approximate surface area is 105 Å². The number of nitriles is 1. The SMILES string of the molecule is COCCN(CC(=O)O)Cc1cccnc1C#N. The molecule has 0 fully saturated rings. The van der Waals surface area contributed by atoms with E-state index in [9.17, 15) is 4.79 Å². The van der Waals surface area contributed by atoms with Gasteiger partial charge in [-0.3, -0.25) is 9.69 Å². The van der Waals surface area contributed by atoms with Gasteiger partial charge in [-0.2, -0.15) is 5.26 Å². The first-order valence-electron chi connectivity index (χ1n) is 5.44. The first-order chi connectivity index (χ1) is 8.67. The van der Waals surface area contributed by atoms with E-state index < -0.39 is 5.97 Å². The van der Waals surface area contributed by atoms with E-state index in [1.54, 1.807) is 30.3 Å². The van der Waals surface area contributed by atoms with E-state index in [2.05, 4.69) is 4.98 Å². The van der Waals surface area contributed by atoms with Gasteiger partial charge in [0, 0.05) is 32.0 Å². The molecule has 0 saturated carbocycles. The lowest BCUT2D eigenvalue weighted by Gasteiger charge is -2.19. The van der Waals surface area contributed by atoms with Crippen molar-refractivity contribution in [3.63, 3.8) is 0 Å². The van der Waals surface area contributed by atoms with Crippen molar-refractivity contribution in [1.82, 2.24) is 9.88 Å². The highest BCUT2D eigenvalue weighted by Gasteiger charge is 2.12. The zero-order valence-corrected chi connectivity index (χ0v) is 10.2. The van der Waals surface area contributed by atoms with E-state index in [1.165, 1.54) is 0 Å². The Kier molecular flexibility index (Phi) is 5.77. The van der Waals surface area contributed by atoms with Gasteiger partial charge >= 0.3 is 5.97 Å². The molecule has 0 unspecified atom stereocenters. The number of aromatic nitrogens is 1. The van der Waals surface area contributed by atoms with Crippen LogP contribution in [-0.4, -0.2) is 47.8 Å². The van der Waals surface area contributed by atoms with Crippen LogP contribution in [0, 0.1) is 11.3 Å². The predicted octanol–water partition coefficient (Wildman–Crippen LogP) is 0.486. The van der Waals surface area contributed by atoms with Crippen molar-refractivity contribution in [1.29, 1.82) is 5.26 Å². The van der Waals surface area contributed by atoms with Crippen molar-refractivity contribution in [3.8, 4) is 6.07 Å². The maximum atomic E-state index is 10.8. The van der Waals surface area contributed by atoms with Gasteiger partial charge in [0.2, 0.25) is 0 Å².